The number of nitrogens with zero attached hydrogens (tertiary/aromatic N) is 6. The fourth-order valence-corrected chi connectivity index (χ4v) is 6.29. The second-order valence-corrected chi connectivity index (χ2v) is 16.0. The van der Waals surface area contributed by atoms with Crippen molar-refractivity contribution in [2.24, 2.45) is 21.5 Å². The van der Waals surface area contributed by atoms with Crippen molar-refractivity contribution in [1.82, 2.24) is 41.2 Å². The number of amides is 4. The minimum Gasteiger partial charge on any atom is -0.491 e. The number of nitrogens with two attached hydrogens (primary N) is 6. The number of aryl methyl sites for hydroxylation is 3. The molecule has 4 aromatic rings. The average Bonchev–Trinajstić information content (AvgIpc) is 3.35. The first-order valence-corrected chi connectivity index (χ1v) is 23.1. The van der Waals surface area contributed by atoms with Crippen molar-refractivity contribution in [3.05, 3.63) is 81.9 Å². The van der Waals surface area contributed by atoms with E-state index in [0.717, 1.165) is 43.2 Å². The first-order chi connectivity index (χ1) is 34.5. The first-order valence-electron chi connectivity index (χ1n) is 22.7. The summed E-state index contributed by atoms with van der Waals surface area (Å²) in [5.74, 6) is -2.31. The molecule has 0 aliphatic rings. The monoisotopic (exact) mass is 1020 g/mol. The molecule has 2 aromatic heterocycles. The number of aromatic nitrogens is 4. The number of carbonyl (C=O) groups is 4. The lowest BCUT2D eigenvalue weighted by atomic mass is 10.1. The number of aliphatic imine (C=N–C) groups is 2. The van der Waals surface area contributed by atoms with Gasteiger partial charge in [0.05, 0.1) is 32.1 Å². The highest BCUT2D eigenvalue weighted by Gasteiger charge is 2.30. The minimum absolute atomic E-state index is 0.0211. The number of nitrogen functional groups attached to an aromatic ring is 4. The topological polar surface area (TPSA) is 426 Å². The molecular weight excluding hydrogens is 960 g/mol. The van der Waals surface area contributed by atoms with E-state index in [1.165, 1.54) is 0 Å². The van der Waals surface area contributed by atoms with Gasteiger partial charge in [0.15, 0.2) is 58.1 Å². The summed E-state index contributed by atoms with van der Waals surface area (Å²) < 4.78 is 22.3. The summed E-state index contributed by atoms with van der Waals surface area (Å²) in [6.45, 7) is 3.56. The van der Waals surface area contributed by atoms with E-state index in [-0.39, 0.29) is 104 Å². The van der Waals surface area contributed by atoms with Crippen molar-refractivity contribution in [3.8, 4) is 11.5 Å². The van der Waals surface area contributed by atoms with Crippen LogP contribution < -0.4 is 65.1 Å². The van der Waals surface area contributed by atoms with Gasteiger partial charge >= 0.3 is 0 Å². The van der Waals surface area contributed by atoms with Crippen LogP contribution in [0.15, 0.2) is 58.5 Å². The molecule has 2 unspecified atom stereocenters. The number of hydrogen-bond donors (Lipinski definition) is 12. The van der Waals surface area contributed by atoms with Crippen molar-refractivity contribution in [1.29, 1.82) is 0 Å². The van der Waals surface area contributed by atoms with Gasteiger partial charge in [-0.2, -0.15) is 0 Å². The first kappa shape index (κ1) is 56.9. The number of ether oxygens (including phenoxy) is 4. The fourth-order valence-electron chi connectivity index (χ4n) is 6.17. The average molecular weight is 1020 g/mol. The highest BCUT2D eigenvalue weighted by molar-refractivity contribution is 6.31. The number of anilines is 4. The van der Waals surface area contributed by atoms with Gasteiger partial charge in [-0.25, -0.2) is 19.9 Å². The third-order valence-corrected chi connectivity index (χ3v) is 10.3. The standard InChI is InChI=1S/C45H63ClN16O10/c1-26-36(47)59-37(48)31(57-26)40(65)61-44(51)55-16-4-2-6-27-8-12-29(13-9-27)71-24-22-69-20-18-53-42(67)33(63)34(64)43(68)54-19-21-70-23-25-72-30-14-10-28(11-15-30)7-3-5-17-56-45(52)62-41(66)32-38(49)60-39(50)35(46)58-32/h8-15,33-34,63-64H,2-7,16-25H2,1H3,(H,53,67)(H,54,68)(H4,47,48,59)(H4,49,50,60)(H3,51,55,61,65)(H3,52,56,62,66). The van der Waals surface area contributed by atoms with Gasteiger partial charge < -0.3 is 74.2 Å². The van der Waals surface area contributed by atoms with E-state index in [1.807, 2.05) is 48.5 Å². The summed E-state index contributed by atoms with van der Waals surface area (Å²) in [7, 11) is 0. The summed E-state index contributed by atoms with van der Waals surface area (Å²) >= 11 is 5.82. The molecule has 2 aromatic carbocycles. The van der Waals surface area contributed by atoms with Gasteiger partial charge in [-0.15, -0.1) is 0 Å². The zero-order valence-electron chi connectivity index (χ0n) is 39.8. The SMILES string of the molecule is Cc1nc(C(=O)NC(N)=NCCCCc2ccc(OCCOCCNC(=O)C(O)C(O)C(=O)NCCOCCOc3ccc(CCCCN=C(N)NC(=O)c4nc(Cl)c(N)nc4N)cc3)cc2)c(N)nc1N. The number of halogens is 1. The van der Waals surface area contributed by atoms with Gasteiger partial charge in [0.2, 0.25) is 0 Å². The summed E-state index contributed by atoms with van der Waals surface area (Å²) in [4.78, 5) is 73.2. The van der Waals surface area contributed by atoms with Crippen LogP contribution in [0.25, 0.3) is 0 Å². The molecule has 0 spiro atoms. The Balaban J connectivity index is 0.953. The molecule has 72 heavy (non-hydrogen) atoms. The largest absolute Gasteiger partial charge is 0.491 e. The van der Waals surface area contributed by atoms with E-state index in [2.05, 4.69) is 51.2 Å². The number of rotatable bonds is 29. The molecule has 390 valence electrons. The molecule has 26 nitrogen and oxygen atoms in total. The zero-order valence-corrected chi connectivity index (χ0v) is 40.5. The number of benzene rings is 2. The van der Waals surface area contributed by atoms with E-state index in [4.69, 9.17) is 65.0 Å². The van der Waals surface area contributed by atoms with E-state index in [0.29, 0.717) is 36.7 Å². The highest BCUT2D eigenvalue weighted by Crippen LogP contribution is 2.18. The fraction of sp³-hybridized carbons (Fsp3) is 0.422. The van der Waals surface area contributed by atoms with E-state index in [1.54, 1.807) is 6.92 Å². The normalized spacial score (nSPS) is 12.4. The second-order valence-electron chi connectivity index (χ2n) is 15.6. The Hall–Kier alpha value is -7.65. The summed E-state index contributed by atoms with van der Waals surface area (Å²) in [6, 6.07) is 15.1. The Kier molecular flexibility index (Phi) is 23.9. The predicted molar refractivity (Wildman–Crippen MR) is 269 cm³/mol. The molecule has 0 saturated heterocycles. The number of carbonyl (C=O) groups excluding carboxylic acids is 4. The third kappa shape index (κ3) is 20.0. The van der Waals surface area contributed by atoms with Crippen molar-refractivity contribution in [2.45, 2.75) is 57.7 Å². The van der Waals surface area contributed by atoms with Crippen LogP contribution in [0.4, 0.5) is 23.3 Å². The Bertz CT molecular complexity index is 2300. The van der Waals surface area contributed by atoms with E-state index < -0.39 is 35.8 Å². The summed E-state index contributed by atoms with van der Waals surface area (Å²) in [6.07, 6.45) is 0.665. The molecule has 0 fully saturated rings. The molecule has 4 amide bonds. The van der Waals surface area contributed by atoms with Gasteiger partial charge in [0.1, 0.15) is 30.5 Å². The van der Waals surface area contributed by atoms with Gasteiger partial charge in [0, 0.05) is 26.2 Å². The highest BCUT2D eigenvalue weighted by atomic mass is 35.5. The van der Waals surface area contributed by atoms with Gasteiger partial charge in [-0.3, -0.25) is 39.8 Å². The number of aliphatic hydroxyl groups is 2. The maximum atomic E-state index is 12.4. The maximum Gasteiger partial charge on any atom is 0.280 e. The zero-order chi connectivity index (χ0) is 52.4. The molecule has 2 atom stereocenters. The lowest BCUT2D eigenvalue weighted by Gasteiger charge is -2.17. The molecule has 0 aliphatic carbocycles. The molecule has 4 rings (SSSR count). The molecule has 2 heterocycles. The van der Waals surface area contributed by atoms with Crippen LogP contribution >= 0.6 is 11.6 Å². The quantitative estimate of drug-likeness (QED) is 0.0179. The van der Waals surface area contributed by atoms with Crippen molar-refractivity contribution in [2.75, 3.05) is 88.8 Å². The Labute approximate surface area is 420 Å². The lowest BCUT2D eigenvalue weighted by Crippen LogP contribution is -2.50. The molecular formula is C45H63ClN16O10. The van der Waals surface area contributed by atoms with Crippen LogP contribution in [0.5, 0.6) is 11.5 Å². The number of unbranched alkanes of at least 4 members (excludes halogenated alkanes) is 2. The van der Waals surface area contributed by atoms with E-state index >= 15 is 0 Å². The van der Waals surface area contributed by atoms with E-state index in [9.17, 15) is 29.4 Å². The number of hydrogen-bond acceptors (Lipinski definition) is 20. The van der Waals surface area contributed by atoms with Crippen LogP contribution in [-0.4, -0.2) is 144 Å². The summed E-state index contributed by atoms with van der Waals surface area (Å²) in [5, 5.41) is 29.9. The predicted octanol–water partition coefficient (Wildman–Crippen LogP) is -0.863. The van der Waals surface area contributed by atoms with Gasteiger partial charge in [-0.1, -0.05) is 35.9 Å². The molecule has 0 radical (unpaired) electrons. The van der Waals surface area contributed by atoms with Crippen LogP contribution in [0, 0.1) is 6.92 Å². The second kappa shape index (κ2) is 30.2. The van der Waals surface area contributed by atoms with Crippen LogP contribution in [0.1, 0.15) is 63.5 Å². The van der Waals surface area contributed by atoms with Crippen molar-refractivity contribution < 1.29 is 48.3 Å². The Morgan fingerprint density at radius 3 is 1.44 bits per heavy atom. The molecule has 18 N–H and O–H groups in total. The van der Waals surface area contributed by atoms with Gasteiger partial charge in [0.25, 0.3) is 23.6 Å². The van der Waals surface area contributed by atoms with Crippen LogP contribution in [0.3, 0.4) is 0 Å². The Morgan fingerprint density at radius 1 is 0.583 bits per heavy atom. The molecule has 0 aliphatic heterocycles. The molecule has 0 bridgehead atoms. The van der Waals surface area contributed by atoms with Crippen LogP contribution in [-0.2, 0) is 31.9 Å². The van der Waals surface area contributed by atoms with Crippen LogP contribution in [0.2, 0.25) is 5.15 Å². The Morgan fingerprint density at radius 2 is 1.00 bits per heavy atom. The molecule has 27 heteroatoms. The maximum absolute atomic E-state index is 12.4. The van der Waals surface area contributed by atoms with Crippen molar-refractivity contribution >= 4 is 70.4 Å². The number of guanidine groups is 2. The van der Waals surface area contributed by atoms with Gasteiger partial charge in [-0.05, 0) is 80.8 Å². The summed E-state index contributed by atoms with van der Waals surface area (Å²) in [5.41, 5.74) is 36.5. The smallest absolute Gasteiger partial charge is 0.280 e. The number of aliphatic hydroxyl groups excluding tert-OH is 2. The minimum atomic E-state index is -1.99. The van der Waals surface area contributed by atoms with Crippen molar-refractivity contribution in [3.63, 3.8) is 0 Å². The molecule has 0 saturated carbocycles. The third-order valence-electron chi connectivity index (χ3n) is 10.0. The number of nitrogens with one attached hydrogen (secondary N) is 4. The lowest BCUT2D eigenvalue weighted by molar-refractivity contribution is -0.146.